The molecule has 1 aromatic carbocycles. The molecule has 0 spiro atoms. The Morgan fingerprint density at radius 2 is 2.00 bits per heavy atom. The van der Waals surface area contributed by atoms with Gasteiger partial charge in [-0.25, -0.2) is 0 Å². The van der Waals surface area contributed by atoms with Crippen molar-refractivity contribution in [1.29, 1.82) is 0 Å². The number of hydrogen-bond acceptors (Lipinski definition) is 2. The summed E-state index contributed by atoms with van der Waals surface area (Å²) < 4.78 is 5.42. The van der Waals surface area contributed by atoms with Crippen molar-refractivity contribution in [3.63, 3.8) is 0 Å². The van der Waals surface area contributed by atoms with Gasteiger partial charge in [-0.2, -0.15) is 0 Å². The average Bonchev–Trinajstić information content (AvgIpc) is 2.55. The zero-order valence-electron chi connectivity index (χ0n) is 10.4. The fourth-order valence-electron chi connectivity index (χ4n) is 1.91. The summed E-state index contributed by atoms with van der Waals surface area (Å²) in [5.74, 6) is 0.446. The van der Waals surface area contributed by atoms with Crippen LogP contribution in [0.5, 0.6) is 5.75 Å². The first kappa shape index (κ1) is 14.4. The number of rotatable bonds is 5. The van der Waals surface area contributed by atoms with E-state index in [9.17, 15) is 4.79 Å². The highest BCUT2D eigenvalue weighted by Crippen LogP contribution is 2.27. The first-order valence-corrected chi connectivity index (χ1v) is 7.73. The molecule has 1 amide bonds. The van der Waals surface area contributed by atoms with Gasteiger partial charge in [-0.1, -0.05) is 46.1 Å². The Bertz CT molecular complexity index is 490. The molecule has 102 valence electrons. The van der Waals surface area contributed by atoms with E-state index in [1.165, 1.54) is 6.26 Å². The van der Waals surface area contributed by atoms with E-state index < -0.39 is 0 Å². The van der Waals surface area contributed by atoms with Crippen LogP contribution in [0.2, 0.25) is 0 Å². The van der Waals surface area contributed by atoms with E-state index in [0.717, 1.165) is 24.6 Å². The molecule has 1 aliphatic rings. The molecule has 19 heavy (non-hydrogen) atoms. The second kappa shape index (κ2) is 6.96. The second-order valence-electron chi connectivity index (χ2n) is 4.26. The van der Waals surface area contributed by atoms with Crippen LogP contribution >= 0.6 is 27.5 Å². The molecule has 1 aromatic rings. The van der Waals surface area contributed by atoms with E-state index >= 15 is 0 Å². The van der Waals surface area contributed by atoms with Crippen LogP contribution in [0.1, 0.15) is 29.6 Å². The number of nitrogens with zero attached hydrogens (tertiary/aromatic N) is 1. The van der Waals surface area contributed by atoms with Gasteiger partial charge in [0.25, 0.3) is 5.91 Å². The maximum atomic E-state index is 12.4. The standard InChI is InChI=1S/C14H15BrClNO2/c15-8-4-1-5-9-17-13(16)10-19-12-7-3-2-6-11(12)14(17)18/h2-3,6-7,10H,1,4-5,8-9H2. The number of fused-ring (bicyclic) bond motifs is 1. The molecule has 1 aliphatic heterocycles. The number of halogens is 2. The monoisotopic (exact) mass is 343 g/mol. The maximum absolute atomic E-state index is 12.4. The molecule has 0 saturated heterocycles. The molecule has 0 radical (unpaired) electrons. The maximum Gasteiger partial charge on any atom is 0.262 e. The minimum Gasteiger partial charge on any atom is -0.461 e. The second-order valence-corrected chi connectivity index (χ2v) is 5.44. The first-order chi connectivity index (χ1) is 9.24. The van der Waals surface area contributed by atoms with E-state index in [2.05, 4.69) is 15.9 Å². The van der Waals surface area contributed by atoms with Crippen molar-refractivity contribution in [3.05, 3.63) is 41.2 Å². The van der Waals surface area contributed by atoms with Crippen molar-refractivity contribution in [2.24, 2.45) is 0 Å². The third-order valence-corrected chi connectivity index (χ3v) is 3.77. The summed E-state index contributed by atoms with van der Waals surface area (Å²) in [6.07, 6.45) is 4.50. The smallest absolute Gasteiger partial charge is 0.262 e. The molecule has 0 unspecified atom stereocenters. The summed E-state index contributed by atoms with van der Waals surface area (Å²) in [5.41, 5.74) is 0.551. The summed E-state index contributed by atoms with van der Waals surface area (Å²) in [4.78, 5) is 14.0. The summed E-state index contributed by atoms with van der Waals surface area (Å²) in [7, 11) is 0. The zero-order chi connectivity index (χ0) is 13.7. The lowest BCUT2D eigenvalue weighted by atomic mass is 10.1. The molecule has 1 heterocycles. The van der Waals surface area contributed by atoms with Crippen LogP contribution in [0.25, 0.3) is 0 Å². The van der Waals surface area contributed by atoms with Gasteiger partial charge in [0.2, 0.25) is 0 Å². The molecule has 2 rings (SSSR count). The average molecular weight is 345 g/mol. The number of benzene rings is 1. The van der Waals surface area contributed by atoms with Gasteiger partial charge in [-0.3, -0.25) is 9.69 Å². The molecule has 0 bridgehead atoms. The van der Waals surface area contributed by atoms with Gasteiger partial charge in [0.05, 0.1) is 5.56 Å². The summed E-state index contributed by atoms with van der Waals surface area (Å²) in [6.45, 7) is 0.610. The predicted molar refractivity (Wildman–Crippen MR) is 79.7 cm³/mol. The number of carbonyl (C=O) groups is 1. The van der Waals surface area contributed by atoms with Crippen LogP contribution in [0.15, 0.2) is 35.7 Å². The van der Waals surface area contributed by atoms with Crippen molar-refractivity contribution in [2.75, 3.05) is 11.9 Å². The zero-order valence-corrected chi connectivity index (χ0v) is 12.8. The lowest BCUT2D eigenvalue weighted by Crippen LogP contribution is -2.28. The molecule has 0 atom stereocenters. The molecular weight excluding hydrogens is 330 g/mol. The number of unbranched alkanes of at least 4 members (excludes halogenated alkanes) is 2. The lowest BCUT2D eigenvalue weighted by Gasteiger charge is -2.19. The third kappa shape index (κ3) is 3.51. The fraction of sp³-hybridized carbons (Fsp3) is 0.357. The highest BCUT2D eigenvalue weighted by molar-refractivity contribution is 9.09. The van der Waals surface area contributed by atoms with Crippen molar-refractivity contribution < 1.29 is 9.53 Å². The molecule has 5 heteroatoms. The highest BCUT2D eigenvalue weighted by Gasteiger charge is 2.24. The predicted octanol–water partition coefficient (Wildman–Crippen LogP) is 4.12. The van der Waals surface area contributed by atoms with Gasteiger partial charge in [0.1, 0.15) is 17.2 Å². The van der Waals surface area contributed by atoms with E-state index in [0.29, 0.717) is 23.0 Å². The third-order valence-electron chi connectivity index (χ3n) is 2.92. The van der Waals surface area contributed by atoms with Gasteiger partial charge < -0.3 is 4.74 Å². The van der Waals surface area contributed by atoms with Gasteiger partial charge in [0, 0.05) is 11.9 Å². The van der Waals surface area contributed by atoms with Gasteiger partial charge >= 0.3 is 0 Å². The Hall–Kier alpha value is -1.000. The Morgan fingerprint density at radius 3 is 2.79 bits per heavy atom. The van der Waals surface area contributed by atoms with Gasteiger partial charge in [0.15, 0.2) is 0 Å². The number of amides is 1. The Labute approximate surface area is 126 Å². The minimum absolute atomic E-state index is 0.104. The van der Waals surface area contributed by atoms with E-state index in [4.69, 9.17) is 16.3 Å². The molecule has 3 nitrogen and oxygen atoms in total. The van der Waals surface area contributed by atoms with Crippen LogP contribution in [0, 0.1) is 0 Å². The fourth-order valence-corrected chi connectivity index (χ4v) is 2.52. The highest BCUT2D eigenvalue weighted by atomic mass is 79.9. The van der Waals surface area contributed by atoms with E-state index in [1.54, 1.807) is 17.0 Å². The SMILES string of the molecule is O=C1c2ccccc2OC=C(Cl)N1CCCCCBr. The summed E-state index contributed by atoms with van der Waals surface area (Å²) in [6, 6.07) is 7.18. The normalized spacial score (nSPS) is 14.5. The van der Waals surface area contributed by atoms with Crippen molar-refractivity contribution in [2.45, 2.75) is 19.3 Å². The van der Waals surface area contributed by atoms with Crippen LogP contribution in [-0.4, -0.2) is 22.7 Å². The number of carbonyl (C=O) groups excluding carboxylic acids is 1. The van der Waals surface area contributed by atoms with Crippen molar-refractivity contribution in [1.82, 2.24) is 4.90 Å². The van der Waals surface area contributed by atoms with Crippen molar-refractivity contribution >= 4 is 33.4 Å². The molecule has 0 fully saturated rings. The molecule has 0 N–H and O–H groups in total. The van der Waals surface area contributed by atoms with E-state index in [1.807, 2.05) is 12.1 Å². The topological polar surface area (TPSA) is 29.5 Å². The van der Waals surface area contributed by atoms with Gasteiger partial charge in [-0.05, 0) is 25.0 Å². The van der Waals surface area contributed by atoms with Crippen molar-refractivity contribution in [3.8, 4) is 5.75 Å². The van der Waals surface area contributed by atoms with Crippen LogP contribution < -0.4 is 4.74 Å². The summed E-state index contributed by atoms with van der Waals surface area (Å²) in [5, 5.41) is 1.32. The first-order valence-electron chi connectivity index (χ1n) is 6.23. The number of ether oxygens (including phenoxy) is 1. The number of hydrogen-bond donors (Lipinski definition) is 0. The largest absolute Gasteiger partial charge is 0.461 e. The molecule has 0 aromatic heterocycles. The van der Waals surface area contributed by atoms with Gasteiger partial charge in [-0.15, -0.1) is 0 Å². The quantitative estimate of drug-likeness (QED) is 0.457. The van der Waals surface area contributed by atoms with E-state index in [-0.39, 0.29) is 5.91 Å². The number of alkyl halides is 1. The molecule has 0 saturated carbocycles. The van der Waals surface area contributed by atoms with Crippen LogP contribution in [0.4, 0.5) is 0 Å². The van der Waals surface area contributed by atoms with Crippen LogP contribution in [-0.2, 0) is 0 Å². The summed E-state index contributed by atoms with van der Waals surface area (Å²) >= 11 is 9.51. The Kier molecular flexibility index (Phi) is 5.28. The Morgan fingerprint density at radius 1 is 1.21 bits per heavy atom. The van der Waals surface area contributed by atoms with Crippen LogP contribution in [0.3, 0.4) is 0 Å². The lowest BCUT2D eigenvalue weighted by molar-refractivity contribution is 0.0816. The molecule has 0 aliphatic carbocycles. The number of para-hydroxylation sites is 1. The Balaban J connectivity index is 2.12. The molecular formula is C14H15BrClNO2. The minimum atomic E-state index is -0.104.